The number of alkyl carbamates (subject to hydrolysis) is 1. The van der Waals surface area contributed by atoms with Crippen molar-refractivity contribution < 1.29 is 23.9 Å². The Balaban J connectivity index is 1.95. The third kappa shape index (κ3) is 6.70. The molecule has 2 aromatic rings. The fourth-order valence-electron chi connectivity index (χ4n) is 4.76. The Kier molecular flexibility index (Phi) is 8.86. The topological polar surface area (TPSA) is 84.9 Å². The van der Waals surface area contributed by atoms with E-state index in [9.17, 15) is 14.4 Å². The van der Waals surface area contributed by atoms with Crippen molar-refractivity contribution in [2.24, 2.45) is 5.41 Å². The van der Waals surface area contributed by atoms with Crippen molar-refractivity contribution in [3.8, 4) is 11.1 Å². The number of likely N-dealkylation sites (tertiary alicyclic amines) is 1. The molecule has 7 nitrogen and oxygen atoms in total. The number of hydrogen-bond donors (Lipinski definition) is 1. The van der Waals surface area contributed by atoms with Gasteiger partial charge in [0.05, 0.1) is 11.9 Å². The Morgan fingerprint density at radius 1 is 0.974 bits per heavy atom. The third-order valence-electron chi connectivity index (χ3n) is 6.76. The van der Waals surface area contributed by atoms with Crippen LogP contribution in [0.3, 0.4) is 0 Å². The third-order valence-corrected chi connectivity index (χ3v) is 8.08. The van der Waals surface area contributed by atoms with Crippen molar-refractivity contribution >= 4 is 29.7 Å². The molecule has 0 saturated carbocycles. The van der Waals surface area contributed by atoms with E-state index in [1.807, 2.05) is 45.2 Å². The van der Waals surface area contributed by atoms with E-state index in [0.717, 1.165) is 16.7 Å². The molecule has 1 N–H and O–H groups in total. The molecule has 0 bridgehead atoms. The second kappa shape index (κ2) is 11.4. The van der Waals surface area contributed by atoms with E-state index < -0.39 is 39.9 Å². The molecular weight excluding hydrogens is 500 g/mol. The number of nitrogens with one attached hydrogen (secondary N) is 1. The zero-order valence-electron chi connectivity index (χ0n) is 23.7. The number of esters is 1. The zero-order valence-corrected chi connectivity index (χ0v) is 24.5. The van der Waals surface area contributed by atoms with Gasteiger partial charge in [0.15, 0.2) is 0 Å². The van der Waals surface area contributed by atoms with Gasteiger partial charge in [0.25, 0.3) is 0 Å². The summed E-state index contributed by atoms with van der Waals surface area (Å²) < 4.78 is 10.0. The first-order chi connectivity index (χ1) is 17.7. The van der Waals surface area contributed by atoms with E-state index in [2.05, 4.69) is 41.7 Å². The van der Waals surface area contributed by atoms with E-state index in [1.54, 1.807) is 37.4 Å². The number of methoxy groups -OCH3 is 1. The number of amides is 2. The molecule has 0 radical (unpaired) electrons. The van der Waals surface area contributed by atoms with Gasteiger partial charge in [-0.2, -0.15) is 11.8 Å². The Hall–Kier alpha value is -3.00. The van der Waals surface area contributed by atoms with Gasteiger partial charge < -0.3 is 19.7 Å². The van der Waals surface area contributed by atoms with E-state index in [0.29, 0.717) is 13.0 Å². The van der Waals surface area contributed by atoms with Crippen LogP contribution in [0.25, 0.3) is 11.1 Å². The van der Waals surface area contributed by atoms with Gasteiger partial charge in [-0.05, 0) is 55.6 Å². The highest BCUT2D eigenvalue weighted by Crippen LogP contribution is 2.47. The van der Waals surface area contributed by atoms with E-state index in [1.165, 1.54) is 7.11 Å². The Morgan fingerprint density at radius 2 is 1.55 bits per heavy atom. The summed E-state index contributed by atoms with van der Waals surface area (Å²) >= 11 is 1.61. The van der Waals surface area contributed by atoms with Crippen LogP contribution in [0.4, 0.5) is 4.79 Å². The molecule has 206 valence electrons. The van der Waals surface area contributed by atoms with Crippen LogP contribution in [0, 0.1) is 5.41 Å². The zero-order chi connectivity index (χ0) is 28.3. The van der Waals surface area contributed by atoms with Gasteiger partial charge in [0.2, 0.25) is 5.91 Å². The Morgan fingerprint density at radius 3 is 2.05 bits per heavy atom. The molecule has 1 heterocycles. The molecule has 0 aromatic heterocycles. The number of ether oxygens (including phenoxy) is 2. The first-order valence-corrected chi connectivity index (χ1v) is 14.0. The Bertz CT molecular complexity index is 1140. The minimum atomic E-state index is -0.900. The lowest BCUT2D eigenvalue weighted by Crippen LogP contribution is -2.57. The van der Waals surface area contributed by atoms with Crippen LogP contribution < -0.4 is 5.32 Å². The van der Waals surface area contributed by atoms with Crippen molar-refractivity contribution in [3.05, 3.63) is 60.2 Å². The number of nitrogens with zero attached hydrogens (tertiary/aromatic N) is 1. The molecule has 2 amide bonds. The summed E-state index contributed by atoms with van der Waals surface area (Å²) in [7, 11) is 1.33. The van der Waals surface area contributed by atoms with E-state index >= 15 is 0 Å². The van der Waals surface area contributed by atoms with Crippen molar-refractivity contribution in [3.63, 3.8) is 0 Å². The number of carbonyl (C=O) groups excluding carboxylic acids is 3. The van der Waals surface area contributed by atoms with Crippen LogP contribution in [-0.4, -0.2) is 60.5 Å². The minimum Gasteiger partial charge on any atom is -0.467 e. The highest BCUT2D eigenvalue weighted by molar-refractivity contribution is 7.99. The van der Waals surface area contributed by atoms with E-state index in [-0.39, 0.29) is 5.91 Å². The number of benzene rings is 2. The van der Waals surface area contributed by atoms with Crippen molar-refractivity contribution in [2.75, 3.05) is 19.9 Å². The molecule has 0 aliphatic carbocycles. The van der Waals surface area contributed by atoms with Crippen LogP contribution in [0.1, 0.15) is 53.5 Å². The van der Waals surface area contributed by atoms with Crippen LogP contribution in [0.2, 0.25) is 0 Å². The molecule has 1 aliphatic heterocycles. The fourth-order valence-corrected chi connectivity index (χ4v) is 5.73. The maximum Gasteiger partial charge on any atom is 0.408 e. The largest absolute Gasteiger partial charge is 0.467 e. The SMILES string of the molecule is COC(=O)[C@@H]1C[C@@](SC)(c2ccc(-c3ccccc3)cc2)CN1C(=O)[C@@H](NC(=O)OC(C)(C)C)C(C)(C)C. The normalized spacial score (nSPS) is 20.5. The molecule has 8 heteroatoms. The van der Waals surface area contributed by atoms with Gasteiger partial charge in [0, 0.05) is 6.54 Å². The molecule has 1 fully saturated rings. The van der Waals surface area contributed by atoms with Gasteiger partial charge in [0.1, 0.15) is 17.7 Å². The summed E-state index contributed by atoms with van der Waals surface area (Å²) in [4.78, 5) is 41.2. The monoisotopic (exact) mass is 540 g/mol. The minimum absolute atomic E-state index is 0.306. The highest BCUT2D eigenvalue weighted by atomic mass is 32.2. The first-order valence-electron chi connectivity index (χ1n) is 12.8. The molecule has 1 saturated heterocycles. The lowest BCUT2D eigenvalue weighted by atomic mass is 9.85. The second-order valence-corrected chi connectivity index (χ2v) is 13.0. The summed E-state index contributed by atoms with van der Waals surface area (Å²) in [5.41, 5.74) is 1.90. The number of carbonyl (C=O) groups is 3. The molecule has 3 rings (SSSR count). The van der Waals surface area contributed by atoms with Crippen molar-refractivity contribution in [1.82, 2.24) is 10.2 Å². The van der Waals surface area contributed by atoms with Gasteiger partial charge >= 0.3 is 12.1 Å². The van der Waals surface area contributed by atoms with Crippen LogP contribution in [0.15, 0.2) is 54.6 Å². The molecule has 0 spiro atoms. The maximum absolute atomic E-state index is 14.0. The fraction of sp³-hybridized carbons (Fsp3) is 0.500. The highest BCUT2D eigenvalue weighted by Gasteiger charge is 2.52. The molecular formula is C30H40N2O5S. The lowest BCUT2D eigenvalue weighted by molar-refractivity contribution is -0.152. The van der Waals surface area contributed by atoms with Crippen LogP contribution in [0.5, 0.6) is 0 Å². The van der Waals surface area contributed by atoms with E-state index in [4.69, 9.17) is 9.47 Å². The molecule has 2 aromatic carbocycles. The standard InChI is InChI=1S/C30H40N2O5S/c1-28(2,3)24(31-27(35)37-29(4,5)6)25(33)32-19-30(38-8,18-23(32)26(34)36-7)22-16-14-21(15-17-22)20-12-10-9-11-13-20/h9-17,23-24H,18-19H2,1-8H3,(H,31,35)/t23-,24+,30-/m0/s1. The first kappa shape index (κ1) is 29.6. The predicted molar refractivity (Wildman–Crippen MR) is 152 cm³/mol. The number of hydrogen-bond acceptors (Lipinski definition) is 6. The van der Waals surface area contributed by atoms with Gasteiger partial charge in [-0.25, -0.2) is 9.59 Å². The van der Waals surface area contributed by atoms with Crippen molar-refractivity contribution in [2.45, 2.75) is 70.4 Å². The average molecular weight is 541 g/mol. The lowest BCUT2D eigenvalue weighted by Gasteiger charge is -2.36. The van der Waals surface area contributed by atoms with Crippen LogP contribution >= 0.6 is 11.8 Å². The summed E-state index contributed by atoms with van der Waals surface area (Å²) in [5.74, 6) is -0.810. The second-order valence-electron chi connectivity index (χ2n) is 11.8. The number of thioether (sulfide) groups is 1. The molecule has 0 unspecified atom stereocenters. The molecule has 3 atom stereocenters. The smallest absolute Gasteiger partial charge is 0.408 e. The quantitative estimate of drug-likeness (QED) is 0.479. The predicted octanol–water partition coefficient (Wildman–Crippen LogP) is 5.63. The summed E-state index contributed by atoms with van der Waals surface area (Å²) in [5, 5.41) is 2.77. The van der Waals surface area contributed by atoms with Gasteiger partial charge in [-0.15, -0.1) is 0 Å². The number of rotatable bonds is 6. The van der Waals surface area contributed by atoms with Gasteiger partial charge in [-0.3, -0.25) is 4.79 Å². The summed E-state index contributed by atoms with van der Waals surface area (Å²) in [6.07, 6.45) is 1.72. The Labute approximate surface area is 230 Å². The summed E-state index contributed by atoms with van der Waals surface area (Å²) in [6.45, 7) is 11.2. The maximum atomic E-state index is 14.0. The van der Waals surface area contributed by atoms with Gasteiger partial charge in [-0.1, -0.05) is 75.4 Å². The average Bonchev–Trinajstić information content (AvgIpc) is 3.27. The molecule has 1 aliphatic rings. The van der Waals surface area contributed by atoms with Crippen molar-refractivity contribution in [1.29, 1.82) is 0 Å². The summed E-state index contributed by atoms with van der Waals surface area (Å²) in [6, 6.07) is 16.7. The molecule has 38 heavy (non-hydrogen) atoms. The van der Waals surface area contributed by atoms with Crippen LogP contribution in [-0.2, 0) is 23.8 Å².